The topological polar surface area (TPSA) is 44.7 Å². The summed E-state index contributed by atoms with van der Waals surface area (Å²) < 4.78 is 5.82. The number of likely N-dealkylation sites (N-methyl/N-ethyl adjacent to an activating group) is 1. The molecule has 1 unspecified atom stereocenters. The molecule has 1 aromatic carbocycles. The molecule has 144 valence electrons. The van der Waals surface area contributed by atoms with E-state index in [0.717, 1.165) is 24.8 Å². The van der Waals surface area contributed by atoms with Gasteiger partial charge in [-0.2, -0.15) is 0 Å². The number of nitrogens with zero attached hydrogens (tertiary/aromatic N) is 5. The summed E-state index contributed by atoms with van der Waals surface area (Å²) in [6.07, 6.45) is 7.32. The predicted molar refractivity (Wildman–Crippen MR) is 107 cm³/mol. The maximum Gasteiger partial charge on any atom is 0.225 e. The standard InChI is InChI=1S/C21H29N5O/c1-24-11-13-25(14-12-24)18-7-5-6-10-26(17-18)21-22-15-20(16-23-21)27-19-8-3-2-4-9-19/h2-4,8-9,15-16,18H,5-7,10-14,17H2,1H3. The Bertz CT molecular complexity index is 700. The van der Waals surface area contributed by atoms with Crippen molar-refractivity contribution in [3.05, 3.63) is 42.7 Å². The van der Waals surface area contributed by atoms with E-state index < -0.39 is 0 Å². The average Bonchev–Trinajstić information content (AvgIpc) is 2.96. The quantitative estimate of drug-likeness (QED) is 0.828. The van der Waals surface area contributed by atoms with Crippen LogP contribution < -0.4 is 9.64 Å². The molecule has 1 atom stereocenters. The molecule has 0 aliphatic carbocycles. The molecule has 2 aliphatic heterocycles. The minimum Gasteiger partial charge on any atom is -0.454 e. The number of rotatable bonds is 4. The molecule has 2 saturated heterocycles. The van der Waals surface area contributed by atoms with Crippen molar-refractivity contribution in [2.24, 2.45) is 0 Å². The zero-order chi connectivity index (χ0) is 18.5. The highest BCUT2D eigenvalue weighted by Crippen LogP contribution is 2.23. The second-order valence-electron chi connectivity index (χ2n) is 7.57. The van der Waals surface area contributed by atoms with Crippen molar-refractivity contribution < 1.29 is 4.74 Å². The van der Waals surface area contributed by atoms with E-state index in [-0.39, 0.29) is 0 Å². The van der Waals surface area contributed by atoms with Crippen molar-refractivity contribution in [3.63, 3.8) is 0 Å². The van der Waals surface area contributed by atoms with Gasteiger partial charge in [-0.3, -0.25) is 4.90 Å². The van der Waals surface area contributed by atoms with Crippen LogP contribution in [0.15, 0.2) is 42.7 Å². The lowest BCUT2D eigenvalue weighted by Gasteiger charge is -2.39. The highest BCUT2D eigenvalue weighted by Gasteiger charge is 2.27. The van der Waals surface area contributed by atoms with E-state index in [0.29, 0.717) is 11.8 Å². The molecule has 27 heavy (non-hydrogen) atoms. The third-order valence-electron chi connectivity index (χ3n) is 5.58. The Morgan fingerprint density at radius 1 is 0.889 bits per heavy atom. The van der Waals surface area contributed by atoms with Crippen LogP contribution in [-0.2, 0) is 0 Å². The fourth-order valence-corrected chi connectivity index (χ4v) is 3.94. The largest absolute Gasteiger partial charge is 0.454 e. The molecule has 0 N–H and O–H groups in total. The summed E-state index contributed by atoms with van der Waals surface area (Å²) in [7, 11) is 2.21. The van der Waals surface area contributed by atoms with Crippen molar-refractivity contribution in [1.29, 1.82) is 0 Å². The summed E-state index contributed by atoms with van der Waals surface area (Å²) >= 11 is 0. The highest BCUT2D eigenvalue weighted by molar-refractivity contribution is 5.34. The van der Waals surface area contributed by atoms with E-state index in [1.807, 2.05) is 30.3 Å². The van der Waals surface area contributed by atoms with Gasteiger partial charge in [-0.25, -0.2) is 9.97 Å². The van der Waals surface area contributed by atoms with Gasteiger partial charge < -0.3 is 14.5 Å². The van der Waals surface area contributed by atoms with Crippen LogP contribution in [-0.4, -0.2) is 72.1 Å². The maximum absolute atomic E-state index is 5.82. The van der Waals surface area contributed by atoms with Gasteiger partial charge >= 0.3 is 0 Å². The molecule has 0 amide bonds. The zero-order valence-corrected chi connectivity index (χ0v) is 16.1. The minimum absolute atomic E-state index is 0.602. The Kier molecular flexibility index (Phi) is 5.84. The molecule has 3 heterocycles. The van der Waals surface area contributed by atoms with E-state index >= 15 is 0 Å². The van der Waals surface area contributed by atoms with Crippen molar-refractivity contribution in [1.82, 2.24) is 19.8 Å². The van der Waals surface area contributed by atoms with Crippen LogP contribution in [0.4, 0.5) is 5.95 Å². The van der Waals surface area contributed by atoms with Gasteiger partial charge in [-0.1, -0.05) is 24.6 Å². The SMILES string of the molecule is CN1CCN(C2CCCCN(c3ncc(Oc4ccccc4)cn3)C2)CC1. The molecule has 0 saturated carbocycles. The predicted octanol–water partition coefficient (Wildman–Crippen LogP) is 2.88. The Morgan fingerprint density at radius 2 is 1.63 bits per heavy atom. The summed E-state index contributed by atoms with van der Waals surface area (Å²) in [6.45, 7) is 6.71. The number of ether oxygens (including phenoxy) is 1. The monoisotopic (exact) mass is 367 g/mol. The number of para-hydroxylation sites is 1. The number of hydrogen-bond donors (Lipinski definition) is 0. The molecule has 6 heteroatoms. The smallest absolute Gasteiger partial charge is 0.225 e. The van der Waals surface area contributed by atoms with Crippen LogP contribution in [0.25, 0.3) is 0 Å². The van der Waals surface area contributed by atoms with E-state index in [2.05, 4.69) is 31.7 Å². The molecule has 2 aromatic rings. The first-order valence-corrected chi connectivity index (χ1v) is 10.0. The lowest BCUT2D eigenvalue weighted by Crippen LogP contribution is -2.52. The van der Waals surface area contributed by atoms with Gasteiger partial charge in [0.05, 0.1) is 12.4 Å². The van der Waals surface area contributed by atoms with Crippen molar-refractivity contribution >= 4 is 5.95 Å². The third kappa shape index (κ3) is 4.76. The summed E-state index contributed by atoms with van der Waals surface area (Å²) in [5, 5.41) is 0. The molecular weight excluding hydrogens is 338 g/mol. The van der Waals surface area contributed by atoms with E-state index in [1.165, 1.54) is 45.4 Å². The van der Waals surface area contributed by atoms with Crippen molar-refractivity contribution in [3.8, 4) is 11.5 Å². The first-order valence-electron chi connectivity index (χ1n) is 10.0. The van der Waals surface area contributed by atoms with Gasteiger partial charge in [-0.05, 0) is 32.0 Å². The maximum atomic E-state index is 5.82. The Balaban J connectivity index is 1.40. The van der Waals surface area contributed by atoms with E-state index in [9.17, 15) is 0 Å². The second-order valence-corrected chi connectivity index (χ2v) is 7.57. The summed E-state index contributed by atoms with van der Waals surface area (Å²) in [5.41, 5.74) is 0. The van der Waals surface area contributed by atoms with Gasteiger partial charge in [0, 0.05) is 45.3 Å². The lowest BCUT2D eigenvalue weighted by atomic mass is 10.1. The summed E-state index contributed by atoms with van der Waals surface area (Å²) in [5.74, 6) is 2.30. The molecule has 6 nitrogen and oxygen atoms in total. The van der Waals surface area contributed by atoms with Crippen LogP contribution in [0.3, 0.4) is 0 Å². The van der Waals surface area contributed by atoms with Crippen LogP contribution in [0.2, 0.25) is 0 Å². The van der Waals surface area contributed by atoms with Gasteiger partial charge in [0.2, 0.25) is 5.95 Å². The Hall–Kier alpha value is -2.18. The molecule has 0 radical (unpaired) electrons. The first kappa shape index (κ1) is 18.2. The van der Waals surface area contributed by atoms with Crippen LogP contribution in [0, 0.1) is 0 Å². The second kappa shape index (κ2) is 8.67. The van der Waals surface area contributed by atoms with Gasteiger partial charge in [-0.15, -0.1) is 0 Å². The normalized spacial score (nSPS) is 22.4. The summed E-state index contributed by atoms with van der Waals surface area (Å²) in [4.78, 5) is 16.6. The molecule has 4 rings (SSSR count). The van der Waals surface area contributed by atoms with Gasteiger partial charge in [0.15, 0.2) is 5.75 Å². The number of aromatic nitrogens is 2. The Morgan fingerprint density at radius 3 is 2.37 bits per heavy atom. The first-order chi connectivity index (χ1) is 13.3. The zero-order valence-electron chi connectivity index (χ0n) is 16.1. The van der Waals surface area contributed by atoms with Crippen molar-refractivity contribution in [2.75, 3.05) is 51.2 Å². The molecular formula is C21H29N5O. The molecule has 0 spiro atoms. The Labute approximate surface area is 161 Å². The minimum atomic E-state index is 0.602. The number of benzene rings is 1. The lowest BCUT2D eigenvalue weighted by molar-refractivity contribution is 0.110. The molecule has 1 aromatic heterocycles. The van der Waals surface area contributed by atoms with Crippen LogP contribution >= 0.6 is 0 Å². The summed E-state index contributed by atoms with van der Waals surface area (Å²) in [6, 6.07) is 10.4. The van der Waals surface area contributed by atoms with E-state index in [4.69, 9.17) is 4.74 Å². The fourth-order valence-electron chi connectivity index (χ4n) is 3.94. The molecule has 0 bridgehead atoms. The highest BCUT2D eigenvalue weighted by atomic mass is 16.5. The van der Waals surface area contributed by atoms with Crippen molar-refractivity contribution in [2.45, 2.75) is 25.3 Å². The molecule has 2 fully saturated rings. The van der Waals surface area contributed by atoms with Crippen LogP contribution in [0.5, 0.6) is 11.5 Å². The van der Waals surface area contributed by atoms with Gasteiger partial charge in [0.25, 0.3) is 0 Å². The van der Waals surface area contributed by atoms with Gasteiger partial charge in [0.1, 0.15) is 5.75 Å². The third-order valence-corrected chi connectivity index (χ3v) is 5.58. The fraction of sp³-hybridized carbons (Fsp3) is 0.524. The number of anilines is 1. The average molecular weight is 367 g/mol. The van der Waals surface area contributed by atoms with E-state index in [1.54, 1.807) is 12.4 Å². The van der Waals surface area contributed by atoms with Crippen LogP contribution in [0.1, 0.15) is 19.3 Å². The molecule has 2 aliphatic rings. The number of hydrogen-bond acceptors (Lipinski definition) is 6. The number of piperazine rings is 1.